The van der Waals surface area contributed by atoms with Gasteiger partial charge in [-0.05, 0) is 42.9 Å². The molecule has 1 unspecified atom stereocenters. The first kappa shape index (κ1) is 11.8. The summed E-state index contributed by atoms with van der Waals surface area (Å²) < 4.78 is 1.03. The second-order valence-corrected chi connectivity index (χ2v) is 6.40. The number of halogens is 1. The molecule has 88 valence electrons. The maximum Gasteiger partial charge on any atom is 0.0576 e. The molecule has 16 heavy (non-hydrogen) atoms. The molecule has 0 aliphatic heterocycles. The van der Waals surface area contributed by atoms with Gasteiger partial charge in [-0.15, -0.1) is 0 Å². The molecule has 1 aliphatic carbocycles. The summed E-state index contributed by atoms with van der Waals surface area (Å²) >= 11 is 3.42. The summed E-state index contributed by atoms with van der Waals surface area (Å²) in [4.78, 5) is 0. The van der Waals surface area contributed by atoms with Crippen molar-refractivity contribution < 1.29 is 0 Å². The van der Waals surface area contributed by atoms with Crippen LogP contribution in [0.2, 0.25) is 0 Å². The van der Waals surface area contributed by atoms with Crippen LogP contribution >= 0.6 is 15.9 Å². The highest BCUT2D eigenvalue weighted by Gasteiger charge is 2.30. The number of nitrogens with two attached hydrogens (primary N) is 1. The molecule has 2 nitrogen and oxygen atoms in total. The van der Waals surface area contributed by atoms with Gasteiger partial charge >= 0.3 is 0 Å². The van der Waals surface area contributed by atoms with E-state index in [1.807, 2.05) is 18.2 Å². The Balaban J connectivity index is 2.05. The minimum atomic E-state index is 0.474. The van der Waals surface area contributed by atoms with Gasteiger partial charge in [0, 0.05) is 10.5 Å². The molecule has 0 saturated heterocycles. The first-order chi connectivity index (χ1) is 7.46. The SMILES string of the molecule is CC1(C)CCC(Nc2ccc(Br)cc2N)C1. The summed E-state index contributed by atoms with van der Waals surface area (Å²) in [7, 11) is 0. The molecule has 0 spiro atoms. The fraction of sp³-hybridized carbons (Fsp3) is 0.538. The van der Waals surface area contributed by atoms with E-state index in [4.69, 9.17) is 5.73 Å². The molecule has 1 saturated carbocycles. The lowest BCUT2D eigenvalue weighted by atomic mass is 9.92. The van der Waals surface area contributed by atoms with E-state index < -0.39 is 0 Å². The normalized spacial score (nSPS) is 23.3. The molecule has 0 amide bonds. The molecule has 0 aromatic heterocycles. The van der Waals surface area contributed by atoms with Crippen molar-refractivity contribution >= 4 is 27.3 Å². The quantitative estimate of drug-likeness (QED) is 0.804. The summed E-state index contributed by atoms with van der Waals surface area (Å²) in [5.74, 6) is 0. The molecular weight excluding hydrogens is 264 g/mol. The van der Waals surface area contributed by atoms with Crippen molar-refractivity contribution in [2.45, 2.75) is 39.2 Å². The Morgan fingerprint density at radius 2 is 2.19 bits per heavy atom. The Kier molecular flexibility index (Phi) is 3.15. The first-order valence-electron chi connectivity index (χ1n) is 5.78. The Morgan fingerprint density at radius 1 is 1.44 bits per heavy atom. The van der Waals surface area contributed by atoms with Crippen LogP contribution in [0.25, 0.3) is 0 Å². The molecule has 2 rings (SSSR count). The van der Waals surface area contributed by atoms with Crippen molar-refractivity contribution in [3.63, 3.8) is 0 Å². The number of nitrogen functional groups attached to an aromatic ring is 1. The standard InChI is InChI=1S/C13H19BrN2/c1-13(2)6-5-10(8-13)16-12-4-3-9(14)7-11(12)15/h3-4,7,10,16H,5-6,8,15H2,1-2H3. The minimum Gasteiger partial charge on any atom is -0.397 e. The van der Waals surface area contributed by atoms with Gasteiger partial charge in [0.05, 0.1) is 11.4 Å². The maximum atomic E-state index is 5.97. The Morgan fingerprint density at radius 3 is 2.75 bits per heavy atom. The predicted octanol–water partition coefficient (Wildman–Crippen LogP) is 4.02. The molecule has 3 N–H and O–H groups in total. The highest BCUT2D eigenvalue weighted by Crippen LogP contribution is 2.39. The second-order valence-electron chi connectivity index (χ2n) is 5.48. The van der Waals surface area contributed by atoms with E-state index in [9.17, 15) is 0 Å². The van der Waals surface area contributed by atoms with Crippen LogP contribution in [0.4, 0.5) is 11.4 Å². The summed E-state index contributed by atoms with van der Waals surface area (Å²) in [6.07, 6.45) is 3.76. The summed E-state index contributed by atoms with van der Waals surface area (Å²) in [6.45, 7) is 4.67. The highest BCUT2D eigenvalue weighted by molar-refractivity contribution is 9.10. The lowest BCUT2D eigenvalue weighted by Crippen LogP contribution is -2.18. The van der Waals surface area contributed by atoms with Gasteiger partial charge in [-0.2, -0.15) is 0 Å². The van der Waals surface area contributed by atoms with Crippen LogP contribution in [0.15, 0.2) is 22.7 Å². The first-order valence-corrected chi connectivity index (χ1v) is 6.57. The largest absolute Gasteiger partial charge is 0.397 e. The minimum absolute atomic E-state index is 0.474. The van der Waals surface area contributed by atoms with Crippen LogP contribution < -0.4 is 11.1 Å². The van der Waals surface area contributed by atoms with Crippen LogP contribution in [-0.2, 0) is 0 Å². The third-order valence-corrected chi connectivity index (χ3v) is 3.84. The van der Waals surface area contributed by atoms with Gasteiger partial charge in [-0.3, -0.25) is 0 Å². The van der Waals surface area contributed by atoms with E-state index in [0.717, 1.165) is 15.8 Å². The monoisotopic (exact) mass is 282 g/mol. The van der Waals surface area contributed by atoms with Crippen LogP contribution in [0, 0.1) is 5.41 Å². The molecule has 0 heterocycles. The Bertz CT molecular complexity index is 388. The van der Waals surface area contributed by atoms with Gasteiger partial charge in [0.1, 0.15) is 0 Å². The lowest BCUT2D eigenvalue weighted by Gasteiger charge is -2.19. The zero-order chi connectivity index (χ0) is 11.8. The number of nitrogens with one attached hydrogen (secondary N) is 1. The van der Waals surface area contributed by atoms with E-state index in [1.165, 1.54) is 19.3 Å². The molecule has 1 aromatic carbocycles. The van der Waals surface area contributed by atoms with Gasteiger partial charge in [-0.25, -0.2) is 0 Å². The van der Waals surface area contributed by atoms with Crippen LogP contribution in [0.3, 0.4) is 0 Å². The zero-order valence-electron chi connectivity index (χ0n) is 9.89. The fourth-order valence-corrected chi connectivity index (χ4v) is 2.82. The number of anilines is 2. The number of benzene rings is 1. The van der Waals surface area contributed by atoms with Crippen molar-refractivity contribution in [2.24, 2.45) is 5.41 Å². The highest BCUT2D eigenvalue weighted by atomic mass is 79.9. The van der Waals surface area contributed by atoms with E-state index in [1.54, 1.807) is 0 Å². The molecular formula is C13H19BrN2. The Hall–Kier alpha value is -0.700. The van der Waals surface area contributed by atoms with Gasteiger partial charge in [-0.1, -0.05) is 29.8 Å². The topological polar surface area (TPSA) is 38.0 Å². The van der Waals surface area contributed by atoms with Crippen LogP contribution in [-0.4, -0.2) is 6.04 Å². The van der Waals surface area contributed by atoms with Gasteiger partial charge in [0.25, 0.3) is 0 Å². The van der Waals surface area contributed by atoms with Crippen molar-refractivity contribution in [3.8, 4) is 0 Å². The maximum absolute atomic E-state index is 5.97. The molecule has 1 aromatic rings. The van der Waals surface area contributed by atoms with Crippen molar-refractivity contribution in [1.29, 1.82) is 0 Å². The van der Waals surface area contributed by atoms with Gasteiger partial charge in [0.15, 0.2) is 0 Å². The van der Waals surface area contributed by atoms with Crippen molar-refractivity contribution in [2.75, 3.05) is 11.1 Å². The zero-order valence-corrected chi connectivity index (χ0v) is 11.5. The molecule has 1 aliphatic rings. The van der Waals surface area contributed by atoms with E-state index in [2.05, 4.69) is 35.1 Å². The fourth-order valence-electron chi connectivity index (χ4n) is 2.44. The average Bonchev–Trinajstić information content (AvgIpc) is 2.51. The second kappa shape index (κ2) is 4.28. The summed E-state index contributed by atoms with van der Waals surface area (Å²) in [5.41, 5.74) is 8.33. The van der Waals surface area contributed by atoms with Crippen LogP contribution in [0.5, 0.6) is 0 Å². The third kappa shape index (κ3) is 2.70. The Labute approximate surface area is 106 Å². The van der Waals surface area contributed by atoms with Crippen molar-refractivity contribution in [3.05, 3.63) is 22.7 Å². The van der Waals surface area contributed by atoms with E-state index >= 15 is 0 Å². The van der Waals surface area contributed by atoms with Gasteiger partial charge in [0.2, 0.25) is 0 Å². The van der Waals surface area contributed by atoms with Gasteiger partial charge < -0.3 is 11.1 Å². The summed E-state index contributed by atoms with van der Waals surface area (Å²) in [6, 6.07) is 6.59. The smallest absolute Gasteiger partial charge is 0.0576 e. The van der Waals surface area contributed by atoms with E-state index in [-0.39, 0.29) is 0 Å². The molecule has 0 radical (unpaired) electrons. The number of rotatable bonds is 2. The van der Waals surface area contributed by atoms with Crippen molar-refractivity contribution in [1.82, 2.24) is 0 Å². The molecule has 0 bridgehead atoms. The predicted molar refractivity (Wildman–Crippen MR) is 73.6 cm³/mol. The number of hydrogen-bond donors (Lipinski definition) is 2. The average molecular weight is 283 g/mol. The lowest BCUT2D eigenvalue weighted by molar-refractivity contribution is 0.378. The third-order valence-electron chi connectivity index (χ3n) is 3.34. The van der Waals surface area contributed by atoms with Crippen LogP contribution in [0.1, 0.15) is 33.1 Å². The molecule has 3 heteroatoms. The molecule has 1 fully saturated rings. The number of hydrogen-bond acceptors (Lipinski definition) is 2. The molecule has 1 atom stereocenters. The van der Waals surface area contributed by atoms with E-state index in [0.29, 0.717) is 11.5 Å². The summed E-state index contributed by atoms with van der Waals surface area (Å²) in [5, 5.41) is 3.55.